The van der Waals surface area contributed by atoms with Gasteiger partial charge in [0.1, 0.15) is 0 Å². The molecule has 5 heteroatoms. The van der Waals surface area contributed by atoms with Gasteiger partial charge in [-0.2, -0.15) is 0 Å². The summed E-state index contributed by atoms with van der Waals surface area (Å²) in [6.07, 6.45) is 2.67. The summed E-state index contributed by atoms with van der Waals surface area (Å²) in [5.41, 5.74) is 9.86. The Morgan fingerprint density at radius 2 is 1.33 bits per heavy atom. The third kappa shape index (κ3) is 5.47. The summed E-state index contributed by atoms with van der Waals surface area (Å²) < 4.78 is 0. The molecule has 1 nitrogen and oxygen atoms in total. The second-order valence-electron chi connectivity index (χ2n) is 9.25. The molecule has 0 saturated carbocycles. The summed E-state index contributed by atoms with van der Waals surface area (Å²) in [5.74, 6) is 0. The number of hydrogen-bond acceptors (Lipinski definition) is 1. The molecule has 182 valence electrons. The molecule has 0 aromatic heterocycles. The van der Waals surface area contributed by atoms with Crippen LogP contribution >= 0.6 is 0 Å². The number of benzene rings is 4. The molecule has 1 aliphatic carbocycles. The predicted octanol–water partition coefficient (Wildman–Crippen LogP) is 1.67. The van der Waals surface area contributed by atoms with Crippen molar-refractivity contribution >= 4 is 27.0 Å². The van der Waals surface area contributed by atoms with Gasteiger partial charge in [0.2, 0.25) is 0 Å². The molecule has 0 amide bonds. The van der Waals surface area contributed by atoms with Crippen molar-refractivity contribution in [2.24, 2.45) is 0 Å². The van der Waals surface area contributed by atoms with Crippen LogP contribution in [-0.2, 0) is 36.2 Å². The van der Waals surface area contributed by atoms with Gasteiger partial charge in [-0.15, -0.1) is 0 Å². The minimum atomic E-state index is 0. The van der Waals surface area contributed by atoms with Crippen molar-refractivity contribution in [2.45, 2.75) is 32.4 Å². The van der Waals surface area contributed by atoms with Crippen LogP contribution in [0, 0.1) is 0 Å². The molecule has 0 aliphatic heterocycles. The average molecular weight is 608 g/mol. The topological polar surface area (TPSA) is 20.2 Å². The molecule has 0 unspecified atom stereocenters. The normalized spacial score (nSPS) is 11.1. The SMILES string of the molecule is C[Si](C)=[Zr+2].OCCCc1c(-[c-]2c3ccccc3c3ccccc32)ccc2c1Cc1ccccc1-2.[Cl-].[Cl-]. The van der Waals surface area contributed by atoms with Crippen LogP contribution in [0.25, 0.3) is 43.8 Å². The van der Waals surface area contributed by atoms with E-state index in [4.69, 9.17) is 0 Å². The van der Waals surface area contributed by atoms with E-state index in [0.29, 0.717) is 0 Å². The molecule has 0 fully saturated rings. The minimum Gasteiger partial charge on any atom is -1.00 e. The van der Waals surface area contributed by atoms with Crippen molar-refractivity contribution in [3.05, 3.63) is 102 Å². The summed E-state index contributed by atoms with van der Waals surface area (Å²) in [6, 6.07) is 30.9. The first-order valence-electron chi connectivity index (χ1n) is 12.0. The van der Waals surface area contributed by atoms with Crippen molar-refractivity contribution in [2.75, 3.05) is 6.61 Å². The van der Waals surface area contributed by atoms with E-state index in [-0.39, 0.29) is 36.9 Å². The van der Waals surface area contributed by atoms with Gasteiger partial charge in [-0.3, -0.25) is 0 Å². The van der Waals surface area contributed by atoms with E-state index >= 15 is 0 Å². The zero-order valence-corrected chi connectivity index (χ0v) is 25.6. The van der Waals surface area contributed by atoms with Gasteiger partial charge >= 0.3 is 41.9 Å². The van der Waals surface area contributed by atoms with E-state index in [1.165, 1.54) is 60.5 Å². The number of hydrogen-bond donors (Lipinski definition) is 1. The van der Waals surface area contributed by atoms with Crippen LogP contribution in [0.15, 0.2) is 84.9 Å². The fraction of sp³-hybridized carbons (Fsp3) is 0.194. The number of aliphatic hydroxyl groups is 1. The first-order chi connectivity index (χ1) is 16.6. The zero-order valence-electron chi connectivity index (χ0n) is 20.6. The molecule has 0 saturated heterocycles. The van der Waals surface area contributed by atoms with Gasteiger partial charge in [-0.1, -0.05) is 129 Å². The van der Waals surface area contributed by atoms with E-state index in [1.807, 2.05) is 0 Å². The van der Waals surface area contributed by atoms with Crippen LogP contribution in [0.5, 0.6) is 0 Å². The van der Waals surface area contributed by atoms with Gasteiger partial charge in [-0.05, 0) is 36.0 Å². The molecule has 0 atom stereocenters. The molecule has 36 heavy (non-hydrogen) atoms. The molecule has 6 rings (SSSR count). The van der Waals surface area contributed by atoms with Crippen LogP contribution in [0.3, 0.4) is 0 Å². The quantitative estimate of drug-likeness (QED) is 0.239. The fourth-order valence-electron chi connectivity index (χ4n) is 5.36. The molecule has 0 bridgehead atoms. The predicted molar refractivity (Wildman–Crippen MR) is 144 cm³/mol. The smallest absolute Gasteiger partial charge is 0.0429 e. The maximum absolute atomic E-state index is 9.61. The van der Waals surface area contributed by atoms with Gasteiger partial charge in [0.15, 0.2) is 0 Å². The number of aliphatic hydroxyl groups excluding tert-OH is 1. The summed E-state index contributed by atoms with van der Waals surface area (Å²) in [4.78, 5) is 0. The second-order valence-corrected chi connectivity index (χ2v) is 18.6. The Labute approximate surface area is 241 Å². The van der Waals surface area contributed by atoms with Crippen LogP contribution in [0.2, 0.25) is 13.1 Å². The second kappa shape index (κ2) is 12.8. The van der Waals surface area contributed by atoms with Crippen molar-refractivity contribution in [1.29, 1.82) is 0 Å². The van der Waals surface area contributed by atoms with Gasteiger partial charge in [-0.25, -0.2) is 0 Å². The standard InChI is InChI=1S/C29H23O.C2H6Si.2ClH.Zr/c30-17-7-14-23-27(16-15-24-20-9-2-1-8-19(20)18-28(23)24)29-25-12-5-3-10-21(25)22-11-4-6-13-26(22)29;1-3-2;;;/h1-6,8-13,15-16,30H,7,14,17-18H2;1-2H3;2*1H;/q-1;;;;+2/p-2. The Hall–Kier alpha value is -1.61. The number of rotatable bonds is 4. The minimum absolute atomic E-state index is 0. The summed E-state index contributed by atoms with van der Waals surface area (Å²) in [7, 11) is 0. The van der Waals surface area contributed by atoms with E-state index < -0.39 is 0 Å². The number of halogens is 2. The van der Waals surface area contributed by atoms with Gasteiger partial charge < -0.3 is 29.9 Å². The molecule has 0 radical (unpaired) electrons. The van der Waals surface area contributed by atoms with Crippen LogP contribution in [-0.4, -0.2) is 17.1 Å². The van der Waals surface area contributed by atoms with Crippen molar-refractivity contribution in [1.82, 2.24) is 0 Å². The molecule has 0 heterocycles. The molecule has 5 aromatic carbocycles. The van der Waals surface area contributed by atoms with Gasteiger partial charge in [0.05, 0.1) is 0 Å². The first-order valence-corrected chi connectivity index (χ1v) is 18.2. The Morgan fingerprint density at radius 1 is 0.778 bits per heavy atom. The molecular weight excluding hydrogens is 579 g/mol. The molecular formula is C31H29Cl2OSiZr-. The third-order valence-electron chi connectivity index (χ3n) is 6.64. The van der Waals surface area contributed by atoms with E-state index in [1.54, 1.807) is 23.3 Å². The van der Waals surface area contributed by atoms with Gasteiger partial charge in [0, 0.05) is 6.61 Å². The average Bonchev–Trinajstić information content (AvgIpc) is 3.38. The van der Waals surface area contributed by atoms with Crippen molar-refractivity contribution in [3.8, 4) is 22.3 Å². The van der Waals surface area contributed by atoms with E-state index in [0.717, 1.165) is 19.3 Å². The molecule has 5 aromatic rings. The zero-order chi connectivity index (χ0) is 23.7. The Kier molecular flexibility index (Phi) is 10.3. The van der Waals surface area contributed by atoms with E-state index in [9.17, 15) is 5.11 Å². The molecule has 1 aliphatic rings. The monoisotopic (exact) mass is 605 g/mol. The van der Waals surface area contributed by atoms with Crippen LogP contribution in [0.4, 0.5) is 0 Å². The Morgan fingerprint density at radius 3 is 1.94 bits per heavy atom. The van der Waals surface area contributed by atoms with Crippen molar-refractivity contribution in [3.63, 3.8) is 0 Å². The molecule has 0 spiro atoms. The summed E-state index contributed by atoms with van der Waals surface area (Å²) in [6.45, 7) is 4.84. The first kappa shape index (κ1) is 29.0. The number of fused-ring (bicyclic) bond motifs is 6. The largest absolute Gasteiger partial charge is 1.00 e. The molecule has 1 N–H and O–H groups in total. The van der Waals surface area contributed by atoms with Crippen molar-refractivity contribution < 1.29 is 53.3 Å². The maximum Gasteiger partial charge on any atom is 0.0429 e. The fourth-order valence-corrected chi connectivity index (χ4v) is 5.36. The van der Waals surface area contributed by atoms with Crippen LogP contribution in [0.1, 0.15) is 23.1 Å². The Balaban J connectivity index is 0.000000563. The van der Waals surface area contributed by atoms with Crippen LogP contribution < -0.4 is 24.8 Å². The van der Waals surface area contributed by atoms with Gasteiger partial charge in [0.25, 0.3) is 0 Å². The third-order valence-corrected chi connectivity index (χ3v) is 6.64. The Bertz CT molecular complexity index is 1470. The van der Waals surface area contributed by atoms with E-state index in [2.05, 4.69) is 98.0 Å². The maximum atomic E-state index is 9.61. The summed E-state index contributed by atoms with van der Waals surface area (Å²) >= 11 is 1.74. The summed E-state index contributed by atoms with van der Waals surface area (Å²) in [5, 5.41) is 14.9.